The van der Waals surface area contributed by atoms with Crippen LogP contribution in [0.3, 0.4) is 0 Å². The van der Waals surface area contributed by atoms with Crippen LogP contribution in [0.5, 0.6) is 0 Å². The first kappa shape index (κ1) is 28.5. The molecule has 37 heavy (non-hydrogen) atoms. The van der Waals surface area contributed by atoms with Gasteiger partial charge >= 0.3 is 0 Å². The van der Waals surface area contributed by atoms with Crippen molar-refractivity contribution < 1.29 is 14.7 Å². The summed E-state index contributed by atoms with van der Waals surface area (Å²) in [7, 11) is 0. The standard InChI is InChI=1S/C29H33Cl2N3O3/c1-2-3-9-26(31)23(21-30)20-29(37)34-18-16-33(17-19-34)25-12-10-24(11-13-25)32-28(36)15-14-27(35)22-7-5-4-6-8-22/h2-13,27,35H,1,14-21H2,(H,32,36)/b9-3-,26-23+. The Kier molecular flexibility index (Phi) is 11.3. The van der Waals surface area contributed by atoms with Crippen molar-refractivity contribution in [3.63, 3.8) is 0 Å². The van der Waals surface area contributed by atoms with Crippen molar-refractivity contribution in [1.82, 2.24) is 4.90 Å². The summed E-state index contributed by atoms with van der Waals surface area (Å²) in [5.74, 6) is 0.0684. The van der Waals surface area contributed by atoms with Crippen molar-refractivity contribution in [1.29, 1.82) is 0 Å². The van der Waals surface area contributed by atoms with Gasteiger partial charge in [0.05, 0.1) is 12.5 Å². The Hall–Kier alpha value is -3.06. The maximum Gasteiger partial charge on any atom is 0.226 e. The summed E-state index contributed by atoms with van der Waals surface area (Å²) in [5, 5.41) is 13.6. The molecular weight excluding hydrogens is 509 g/mol. The summed E-state index contributed by atoms with van der Waals surface area (Å²) < 4.78 is 0. The van der Waals surface area contributed by atoms with Crippen molar-refractivity contribution in [3.8, 4) is 0 Å². The molecule has 1 aliphatic rings. The molecule has 2 amide bonds. The molecule has 0 aliphatic carbocycles. The number of anilines is 2. The molecule has 2 N–H and O–H groups in total. The smallest absolute Gasteiger partial charge is 0.226 e. The van der Waals surface area contributed by atoms with Crippen LogP contribution in [0.4, 0.5) is 11.4 Å². The molecule has 1 fully saturated rings. The maximum atomic E-state index is 12.8. The van der Waals surface area contributed by atoms with E-state index in [0.717, 1.165) is 11.3 Å². The summed E-state index contributed by atoms with van der Waals surface area (Å²) in [5.41, 5.74) is 3.24. The third-order valence-electron chi connectivity index (χ3n) is 6.22. The van der Waals surface area contributed by atoms with E-state index >= 15 is 0 Å². The van der Waals surface area contributed by atoms with E-state index in [-0.39, 0.29) is 30.5 Å². The average molecular weight is 543 g/mol. The highest BCUT2D eigenvalue weighted by molar-refractivity contribution is 6.32. The van der Waals surface area contributed by atoms with E-state index in [1.165, 1.54) is 0 Å². The van der Waals surface area contributed by atoms with Gasteiger partial charge in [-0.1, -0.05) is 60.7 Å². The Morgan fingerprint density at radius 3 is 2.35 bits per heavy atom. The van der Waals surface area contributed by atoms with E-state index in [1.54, 1.807) is 18.2 Å². The molecule has 0 aromatic heterocycles. The highest BCUT2D eigenvalue weighted by Gasteiger charge is 2.22. The first-order valence-electron chi connectivity index (χ1n) is 12.3. The van der Waals surface area contributed by atoms with Crippen LogP contribution in [0, 0.1) is 0 Å². The third kappa shape index (κ3) is 8.78. The number of amides is 2. The molecule has 0 spiro atoms. The minimum atomic E-state index is -0.663. The minimum Gasteiger partial charge on any atom is -0.388 e. The van der Waals surface area contributed by atoms with Gasteiger partial charge in [0, 0.05) is 54.9 Å². The number of nitrogens with zero attached hydrogens (tertiary/aromatic N) is 2. The average Bonchev–Trinajstić information content (AvgIpc) is 2.94. The highest BCUT2D eigenvalue weighted by Crippen LogP contribution is 2.23. The first-order chi connectivity index (χ1) is 17.9. The second-order valence-corrected chi connectivity index (χ2v) is 9.46. The Morgan fingerprint density at radius 2 is 1.73 bits per heavy atom. The van der Waals surface area contributed by atoms with Gasteiger partial charge in [0.25, 0.3) is 0 Å². The van der Waals surface area contributed by atoms with Crippen molar-refractivity contribution in [2.24, 2.45) is 0 Å². The van der Waals surface area contributed by atoms with E-state index in [4.69, 9.17) is 23.2 Å². The fraction of sp³-hybridized carbons (Fsp3) is 0.310. The molecule has 3 rings (SSSR count). The summed E-state index contributed by atoms with van der Waals surface area (Å²) >= 11 is 12.3. The van der Waals surface area contributed by atoms with Gasteiger partial charge in [-0.3, -0.25) is 9.59 Å². The van der Waals surface area contributed by atoms with Gasteiger partial charge in [0.1, 0.15) is 0 Å². The fourth-order valence-corrected chi connectivity index (χ4v) is 4.58. The number of nitrogens with one attached hydrogen (secondary N) is 1. The lowest BCUT2D eigenvalue weighted by Gasteiger charge is -2.36. The van der Waals surface area contributed by atoms with Crippen LogP contribution in [0.2, 0.25) is 0 Å². The number of aliphatic hydroxyl groups excluding tert-OH is 1. The van der Waals surface area contributed by atoms with Gasteiger partial charge < -0.3 is 20.2 Å². The van der Waals surface area contributed by atoms with Gasteiger partial charge in [-0.15, -0.1) is 11.6 Å². The third-order valence-corrected chi connectivity index (χ3v) is 6.94. The second kappa shape index (κ2) is 14.6. The van der Waals surface area contributed by atoms with Crippen LogP contribution in [0.1, 0.15) is 30.9 Å². The number of aliphatic hydroxyl groups is 1. The summed E-state index contributed by atoms with van der Waals surface area (Å²) in [6.07, 6.45) is 5.14. The Balaban J connectivity index is 1.45. The zero-order valence-electron chi connectivity index (χ0n) is 20.8. The summed E-state index contributed by atoms with van der Waals surface area (Å²) in [6, 6.07) is 17.0. The number of allylic oxidation sites excluding steroid dienone is 4. The van der Waals surface area contributed by atoms with Gasteiger partial charge in [-0.25, -0.2) is 0 Å². The predicted molar refractivity (Wildman–Crippen MR) is 152 cm³/mol. The molecule has 8 heteroatoms. The number of hydrogen-bond acceptors (Lipinski definition) is 4. The molecule has 0 radical (unpaired) electrons. The topological polar surface area (TPSA) is 72.9 Å². The molecule has 6 nitrogen and oxygen atoms in total. The molecule has 2 aromatic rings. The van der Waals surface area contributed by atoms with Crippen LogP contribution in [-0.2, 0) is 9.59 Å². The molecular formula is C29H33Cl2N3O3. The Bertz CT molecular complexity index is 1110. The number of alkyl halides is 1. The molecule has 0 saturated carbocycles. The van der Waals surface area contributed by atoms with E-state index in [9.17, 15) is 14.7 Å². The Morgan fingerprint density at radius 1 is 1.05 bits per heavy atom. The molecule has 1 atom stereocenters. The van der Waals surface area contributed by atoms with Gasteiger partial charge in [0.15, 0.2) is 0 Å². The molecule has 1 saturated heterocycles. The number of carbonyl (C=O) groups excluding carboxylic acids is 2. The van der Waals surface area contributed by atoms with Crippen molar-refractivity contribution in [3.05, 3.63) is 95.6 Å². The number of rotatable bonds is 11. The molecule has 2 aromatic carbocycles. The normalized spacial score (nSPS) is 15.3. The molecule has 196 valence electrons. The van der Waals surface area contributed by atoms with E-state index < -0.39 is 6.10 Å². The quantitative estimate of drug-likeness (QED) is 0.284. The first-order valence-corrected chi connectivity index (χ1v) is 13.2. The second-order valence-electron chi connectivity index (χ2n) is 8.78. The van der Waals surface area contributed by atoms with Gasteiger partial charge in [-0.2, -0.15) is 0 Å². The fourth-order valence-electron chi connectivity index (χ4n) is 4.06. The van der Waals surface area contributed by atoms with Crippen LogP contribution < -0.4 is 10.2 Å². The SMILES string of the molecule is C=C/C=C\C(Cl)=C(/CCl)CC(=O)N1CCN(c2ccc(NC(=O)CCC(O)c3ccccc3)cc2)CC1. The van der Waals surface area contributed by atoms with Crippen LogP contribution in [0.25, 0.3) is 0 Å². The number of piperazine rings is 1. The number of hydrogen-bond donors (Lipinski definition) is 2. The van der Waals surface area contributed by atoms with Gasteiger partial charge in [-0.05, 0) is 47.9 Å². The van der Waals surface area contributed by atoms with Crippen LogP contribution in [-0.4, -0.2) is 53.9 Å². The van der Waals surface area contributed by atoms with Crippen LogP contribution >= 0.6 is 23.2 Å². The minimum absolute atomic E-state index is 0.0101. The lowest BCUT2D eigenvalue weighted by Crippen LogP contribution is -2.48. The van der Waals surface area contributed by atoms with Crippen LogP contribution in [0.15, 0.2) is 90.0 Å². The zero-order chi connectivity index (χ0) is 26.6. The molecule has 0 bridgehead atoms. The number of benzene rings is 2. The highest BCUT2D eigenvalue weighted by atomic mass is 35.5. The number of carbonyl (C=O) groups is 2. The van der Waals surface area contributed by atoms with E-state index in [1.807, 2.05) is 59.5 Å². The van der Waals surface area contributed by atoms with Crippen molar-refractivity contribution >= 4 is 46.4 Å². The molecule has 1 unspecified atom stereocenters. The maximum absolute atomic E-state index is 12.8. The molecule has 1 aliphatic heterocycles. The molecule has 1 heterocycles. The van der Waals surface area contributed by atoms with Gasteiger partial charge in [0.2, 0.25) is 11.8 Å². The van der Waals surface area contributed by atoms with Crippen molar-refractivity contribution in [2.75, 3.05) is 42.3 Å². The summed E-state index contributed by atoms with van der Waals surface area (Å²) in [6.45, 7) is 6.25. The lowest BCUT2D eigenvalue weighted by molar-refractivity contribution is -0.130. The summed E-state index contributed by atoms with van der Waals surface area (Å²) in [4.78, 5) is 29.1. The largest absolute Gasteiger partial charge is 0.388 e. The van der Waals surface area contributed by atoms with E-state index in [0.29, 0.717) is 48.9 Å². The zero-order valence-corrected chi connectivity index (χ0v) is 22.3. The lowest BCUT2D eigenvalue weighted by atomic mass is 10.0. The monoisotopic (exact) mass is 541 g/mol. The Labute approximate surface area is 228 Å². The number of halogens is 2. The van der Waals surface area contributed by atoms with E-state index in [2.05, 4.69) is 16.8 Å². The predicted octanol–water partition coefficient (Wildman–Crippen LogP) is 5.65. The van der Waals surface area contributed by atoms with Crippen molar-refractivity contribution in [2.45, 2.75) is 25.4 Å².